The van der Waals surface area contributed by atoms with Crippen molar-refractivity contribution in [2.45, 2.75) is 12.7 Å². The third-order valence-electron chi connectivity index (χ3n) is 2.74. The van der Waals surface area contributed by atoms with Crippen LogP contribution in [0, 0.1) is 18.2 Å². The van der Waals surface area contributed by atoms with Gasteiger partial charge in [-0.05, 0) is 17.7 Å². The van der Waals surface area contributed by atoms with Crippen molar-refractivity contribution in [3.8, 4) is 12.3 Å². The topological polar surface area (TPSA) is 35.5 Å². The van der Waals surface area contributed by atoms with Gasteiger partial charge in [-0.15, -0.1) is 6.42 Å². The Bertz CT molecular complexity index is 629. The second-order valence-corrected chi connectivity index (χ2v) is 4.24. The van der Waals surface area contributed by atoms with Crippen molar-refractivity contribution in [2.75, 3.05) is 0 Å². The Morgan fingerprint density at radius 2 is 1.81 bits per heavy atom. The first kappa shape index (κ1) is 14.6. The molecule has 0 heterocycles. The molecule has 0 spiro atoms. The third kappa shape index (κ3) is 4.36. The molecule has 106 valence electrons. The Labute approximate surface area is 122 Å². The predicted octanol–water partition coefficient (Wildman–Crippen LogP) is 3.85. The highest BCUT2D eigenvalue weighted by molar-refractivity contribution is 5.61. The van der Waals surface area contributed by atoms with Gasteiger partial charge >= 0.3 is 6.16 Å². The molecule has 2 rings (SSSR count). The molecule has 0 saturated carbocycles. The summed E-state index contributed by atoms with van der Waals surface area (Å²) >= 11 is 0. The number of terminal acetylenes is 1. The zero-order valence-electron chi connectivity index (χ0n) is 11.2. The lowest BCUT2D eigenvalue weighted by Crippen LogP contribution is -2.11. The molecule has 0 aliphatic rings. The van der Waals surface area contributed by atoms with Gasteiger partial charge in [0.2, 0.25) is 0 Å². The van der Waals surface area contributed by atoms with Crippen LogP contribution in [-0.4, -0.2) is 6.16 Å². The van der Waals surface area contributed by atoms with Crippen molar-refractivity contribution in [3.63, 3.8) is 0 Å². The fourth-order valence-electron chi connectivity index (χ4n) is 1.68. The summed E-state index contributed by atoms with van der Waals surface area (Å²) in [6.45, 7) is 0.0976. The molecule has 0 aliphatic carbocycles. The first-order valence-corrected chi connectivity index (χ1v) is 6.28. The van der Waals surface area contributed by atoms with Crippen molar-refractivity contribution < 1.29 is 18.7 Å². The second kappa shape index (κ2) is 7.11. The highest BCUT2D eigenvalue weighted by Crippen LogP contribution is 2.18. The van der Waals surface area contributed by atoms with Crippen LogP contribution in [0.1, 0.15) is 17.2 Å². The van der Waals surface area contributed by atoms with E-state index in [0.717, 1.165) is 5.56 Å². The van der Waals surface area contributed by atoms with Crippen LogP contribution < -0.4 is 0 Å². The van der Waals surface area contributed by atoms with Crippen molar-refractivity contribution in [2.24, 2.45) is 0 Å². The van der Waals surface area contributed by atoms with Crippen LogP contribution in [0.5, 0.6) is 0 Å². The number of rotatable bonds is 4. The molecule has 0 bridgehead atoms. The maximum absolute atomic E-state index is 12.8. The first-order chi connectivity index (χ1) is 10.2. The minimum absolute atomic E-state index is 0.0976. The molecule has 21 heavy (non-hydrogen) atoms. The van der Waals surface area contributed by atoms with Gasteiger partial charge in [-0.25, -0.2) is 9.18 Å². The first-order valence-electron chi connectivity index (χ1n) is 6.28. The van der Waals surface area contributed by atoms with Crippen LogP contribution >= 0.6 is 0 Å². The minimum Gasteiger partial charge on any atom is -0.429 e. The van der Waals surface area contributed by atoms with Gasteiger partial charge in [-0.1, -0.05) is 48.4 Å². The molecule has 2 aromatic carbocycles. The monoisotopic (exact) mass is 284 g/mol. The Morgan fingerprint density at radius 1 is 1.14 bits per heavy atom. The summed E-state index contributed by atoms with van der Waals surface area (Å²) < 4.78 is 22.8. The average molecular weight is 284 g/mol. The van der Waals surface area contributed by atoms with E-state index in [1.165, 1.54) is 24.3 Å². The molecule has 2 aromatic rings. The van der Waals surface area contributed by atoms with Gasteiger partial charge < -0.3 is 9.47 Å². The molecule has 0 N–H and O–H groups in total. The van der Waals surface area contributed by atoms with Crippen LogP contribution in [0.2, 0.25) is 0 Å². The number of halogens is 1. The zero-order valence-corrected chi connectivity index (χ0v) is 11.2. The number of carbonyl (C=O) groups is 1. The number of carbonyl (C=O) groups excluding carboxylic acids is 1. The van der Waals surface area contributed by atoms with Gasteiger partial charge in [0.05, 0.1) is 0 Å². The van der Waals surface area contributed by atoms with Crippen LogP contribution in [0.25, 0.3) is 0 Å². The zero-order chi connectivity index (χ0) is 15.1. The van der Waals surface area contributed by atoms with Crippen LogP contribution in [-0.2, 0) is 16.1 Å². The van der Waals surface area contributed by atoms with Gasteiger partial charge in [0.1, 0.15) is 12.4 Å². The lowest BCUT2D eigenvalue weighted by Gasteiger charge is -2.12. The Hall–Kier alpha value is -2.80. The molecule has 1 atom stereocenters. The SMILES string of the molecule is C#CC(OC(=O)OCc1ccccc1)c1ccc(F)cc1. The summed E-state index contributed by atoms with van der Waals surface area (Å²) in [5.41, 5.74) is 1.35. The summed E-state index contributed by atoms with van der Waals surface area (Å²) in [5.74, 6) is 1.93. The normalized spacial score (nSPS) is 11.2. The molecule has 0 aliphatic heterocycles. The smallest absolute Gasteiger partial charge is 0.429 e. The maximum Gasteiger partial charge on any atom is 0.510 e. The van der Waals surface area contributed by atoms with Gasteiger partial charge in [0.15, 0.2) is 6.10 Å². The average Bonchev–Trinajstić information content (AvgIpc) is 2.52. The van der Waals surface area contributed by atoms with E-state index < -0.39 is 12.3 Å². The Balaban J connectivity index is 1.91. The quantitative estimate of drug-likeness (QED) is 0.632. The number of hydrogen-bond donors (Lipinski definition) is 0. The van der Waals surface area contributed by atoms with Gasteiger partial charge in [-0.3, -0.25) is 0 Å². The van der Waals surface area contributed by atoms with E-state index in [1.54, 1.807) is 0 Å². The molecular weight excluding hydrogens is 271 g/mol. The summed E-state index contributed by atoms with van der Waals surface area (Å²) in [6, 6.07) is 14.6. The van der Waals surface area contributed by atoms with E-state index >= 15 is 0 Å². The van der Waals surface area contributed by atoms with E-state index in [9.17, 15) is 9.18 Å². The molecule has 0 aromatic heterocycles. The standard InChI is InChI=1S/C17H13FO3/c1-2-16(14-8-10-15(18)11-9-14)21-17(19)20-12-13-6-4-3-5-7-13/h1,3-11,16H,12H2. The lowest BCUT2D eigenvalue weighted by atomic mass is 10.1. The Morgan fingerprint density at radius 3 is 2.43 bits per heavy atom. The van der Waals surface area contributed by atoms with Crippen LogP contribution in [0.3, 0.4) is 0 Å². The summed E-state index contributed by atoms with van der Waals surface area (Å²) in [7, 11) is 0. The molecule has 0 fully saturated rings. The molecule has 0 saturated heterocycles. The molecule has 4 heteroatoms. The van der Waals surface area contributed by atoms with Gasteiger partial charge in [-0.2, -0.15) is 0 Å². The van der Waals surface area contributed by atoms with E-state index in [1.807, 2.05) is 30.3 Å². The van der Waals surface area contributed by atoms with E-state index in [4.69, 9.17) is 15.9 Å². The highest BCUT2D eigenvalue weighted by Gasteiger charge is 2.15. The molecule has 0 amide bonds. The summed E-state index contributed by atoms with van der Waals surface area (Å²) in [5, 5.41) is 0. The van der Waals surface area contributed by atoms with Crippen LogP contribution in [0.4, 0.5) is 9.18 Å². The van der Waals surface area contributed by atoms with Gasteiger partial charge in [0.25, 0.3) is 0 Å². The van der Waals surface area contributed by atoms with Crippen molar-refractivity contribution >= 4 is 6.16 Å². The minimum atomic E-state index is -0.908. The number of benzene rings is 2. The molecule has 1 unspecified atom stereocenters. The summed E-state index contributed by atoms with van der Waals surface area (Å²) in [4.78, 5) is 11.6. The maximum atomic E-state index is 12.8. The van der Waals surface area contributed by atoms with Crippen molar-refractivity contribution in [1.82, 2.24) is 0 Å². The van der Waals surface area contributed by atoms with E-state index in [-0.39, 0.29) is 12.4 Å². The third-order valence-corrected chi connectivity index (χ3v) is 2.74. The summed E-state index contributed by atoms with van der Waals surface area (Å²) in [6.07, 6.45) is 3.54. The van der Waals surface area contributed by atoms with Crippen molar-refractivity contribution in [1.29, 1.82) is 0 Å². The molecule has 3 nitrogen and oxygen atoms in total. The second-order valence-electron chi connectivity index (χ2n) is 4.24. The number of hydrogen-bond acceptors (Lipinski definition) is 3. The van der Waals surface area contributed by atoms with E-state index in [0.29, 0.717) is 5.56 Å². The Kier molecular flexibility index (Phi) is 4.94. The predicted molar refractivity (Wildman–Crippen MR) is 75.7 cm³/mol. The number of ether oxygens (including phenoxy) is 2. The van der Waals surface area contributed by atoms with Crippen molar-refractivity contribution in [3.05, 3.63) is 71.5 Å². The fraction of sp³-hybridized carbons (Fsp3) is 0.118. The molecule has 0 radical (unpaired) electrons. The largest absolute Gasteiger partial charge is 0.510 e. The lowest BCUT2D eigenvalue weighted by molar-refractivity contribution is 0.0343. The molecular formula is C17H13FO3. The van der Waals surface area contributed by atoms with E-state index in [2.05, 4.69) is 5.92 Å². The highest BCUT2D eigenvalue weighted by atomic mass is 19.1. The fourth-order valence-corrected chi connectivity index (χ4v) is 1.68. The van der Waals surface area contributed by atoms with Crippen LogP contribution in [0.15, 0.2) is 54.6 Å². The van der Waals surface area contributed by atoms with Gasteiger partial charge in [0, 0.05) is 5.56 Å².